The first-order valence-electron chi connectivity index (χ1n) is 11.1. The Labute approximate surface area is 206 Å². The molecule has 1 unspecified atom stereocenters. The molecule has 2 aromatic carbocycles. The third kappa shape index (κ3) is 5.67. The third-order valence-corrected chi connectivity index (χ3v) is 6.52. The molecule has 9 nitrogen and oxygen atoms in total. The number of benzene rings is 2. The number of aliphatic carboxylic acids is 1. The highest BCUT2D eigenvalue weighted by atomic mass is 32.1. The fourth-order valence-electron chi connectivity index (χ4n) is 4.03. The summed E-state index contributed by atoms with van der Waals surface area (Å²) in [4.78, 5) is 42.3. The number of anilines is 1. The van der Waals surface area contributed by atoms with E-state index in [4.69, 9.17) is 4.74 Å². The van der Waals surface area contributed by atoms with Crippen molar-refractivity contribution in [2.75, 3.05) is 32.6 Å². The van der Waals surface area contributed by atoms with Crippen molar-refractivity contribution in [2.24, 2.45) is 0 Å². The van der Waals surface area contributed by atoms with Crippen LogP contribution in [-0.4, -0.2) is 66.2 Å². The number of carboxylic acids is 1. The van der Waals surface area contributed by atoms with Crippen molar-refractivity contribution < 1.29 is 24.2 Å². The summed E-state index contributed by atoms with van der Waals surface area (Å²) >= 11 is 1.06. The molecule has 3 aromatic rings. The van der Waals surface area contributed by atoms with Gasteiger partial charge in [-0.15, -0.1) is 11.3 Å². The largest absolute Gasteiger partial charge is 0.480 e. The van der Waals surface area contributed by atoms with Gasteiger partial charge in [-0.1, -0.05) is 48.5 Å². The van der Waals surface area contributed by atoms with E-state index in [0.717, 1.165) is 33.6 Å². The van der Waals surface area contributed by atoms with Crippen LogP contribution >= 0.6 is 11.3 Å². The van der Waals surface area contributed by atoms with Gasteiger partial charge in [0.2, 0.25) is 0 Å². The maximum atomic E-state index is 12.4. The average Bonchev–Trinajstić information content (AvgIpc) is 3.43. The summed E-state index contributed by atoms with van der Waals surface area (Å²) in [6.07, 6.45) is -0.425. The van der Waals surface area contributed by atoms with Gasteiger partial charge in [0.25, 0.3) is 5.91 Å². The lowest BCUT2D eigenvalue weighted by Crippen LogP contribution is -2.42. The Morgan fingerprint density at radius 1 is 1.09 bits per heavy atom. The predicted octanol–water partition coefficient (Wildman–Crippen LogP) is 3.64. The zero-order valence-electron chi connectivity index (χ0n) is 19.4. The SMILES string of the molecule is CN(C)CCC(NC(=O)c1csc(NC(=O)OCC2c3ccccc3-c3ccccc32)n1)C(=O)O. The van der Waals surface area contributed by atoms with Gasteiger partial charge < -0.3 is 20.1 Å². The minimum Gasteiger partial charge on any atom is -0.480 e. The lowest BCUT2D eigenvalue weighted by Gasteiger charge is -2.16. The van der Waals surface area contributed by atoms with Crippen molar-refractivity contribution in [3.05, 3.63) is 70.7 Å². The van der Waals surface area contributed by atoms with Crippen LogP contribution in [0, 0.1) is 0 Å². The first-order valence-corrected chi connectivity index (χ1v) is 12.0. The zero-order chi connectivity index (χ0) is 24.9. The van der Waals surface area contributed by atoms with E-state index in [1.54, 1.807) is 0 Å². The Morgan fingerprint density at radius 3 is 2.31 bits per heavy atom. The van der Waals surface area contributed by atoms with Gasteiger partial charge in [0.1, 0.15) is 18.3 Å². The van der Waals surface area contributed by atoms with E-state index in [1.807, 2.05) is 55.4 Å². The van der Waals surface area contributed by atoms with Crippen LogP contribution in [-0.2, 0) is 9.53 Å². The lowest BCUT2D eigenvalue weighted by atomic mass is 9.98. The van der Waals surface area contributed by atoms with Gasteiger partial charge >= 0.3 is 12.1 Å². The number of ether oxygens (including phenoxy) is 1. The van der Waals surface area contributed by atoms with Crippen molar-refractivity contribution in [1.29, 1.82) is 0 Å². The number of nitrogens with zero attached hydrogens (tertiary/aromatic N) is 2. The fraction of sp³-hybridized carbons (Fsp3) is 0.280. The Hall–Kier alpha value is -3.76. The minimum atomic E-state index is -1.12. The molecule has 1 atom stereocenters. The molecule has 0 saturated carbocycles. The van der Waals surface area contributed by atoms with Crippen LogP contribution in [0.1, 0.15) is 34.0 Å². The molecule has 0 saturated heterocycles. The van der Waals surface area contributed by atoms with E-state index in [0.29, 0.717) is 6.54 Å². The van der Waals surface area contributed by atoms with Gasteiger partial charge in [0.15, 0.2) is 5.13 Å². The summed E-state index contributed by atoms with van der Waals surface area (Å²) in [6, 6.07) is 15.1. The van der Waals surface area contributed by atoms with Crippen LogP contribution in [0.2, 0.25) is 0 Å². The zero-order valence-corrected chi connectivity index (χ0v) is 20.2. The summed E-state index contributed by atoms with van der Waals surface area (Å²) in [6.45, 7) is 0.660. The highest BCUT2D eigenvalue weighted by molar-refractivity contribution is 7.14. The molecule has 2 amide bonds. The number of nitrogens with one attached hydrogen (secondary N) is 2. The first kappa shape index (κ1) is 24.4. The second kappa shape index (κ2) is 10.7. The van der Waals surface area contributed by atoms with Gasteiger partial charge in [-0.25, -0.2) is 14.6 Å². The molecule has 0 aliphatic heterocycles. The number of thiazole rings is 1. The maximum absolute atomic E-state index is 12.4. The predicted molar refractivity (Wildman–Crippen MR) is 133 cm³/mol. The highest BCUT2D eigenvalue weighted by Gasteiger charge is 2.29. The molecule has 4 rings (SSSR count). The number of aromatic nitrogens is 1. The molecule has 0 spiro atoms. The van der Waals surface area contributed by atoms with Crippen molar-refractivity contribution in [3.63, 3.8) is 0 Å². The number of carboxylic acid groups (broad SMARTS) is 1. The smallest absolute Gasteiger partial charge is 0.413 e. The normalized spacial score (nSPS) is 13.1. The van der Waals surface area contributed by atoms with Crippen molar-refractivity contribution >= 4 is 34.4 Å². The topological polar surface area (TPSA) is 121 Å². The molecule has 182 valence electrons. The molecular formula is C25H26N4O5S. The lowest BCUT2D eigenvalue weighted by molar-refractivity contribution is -0.139. The van der Waals surface area contributed by atoms with Crippen molar-refractivity contribution in [2.45, 2.75) is 18.4 Å². The van der Waals surface area contributed by atoms with Gasteiger partial charge in [0, 0.05) is 17.8 Å². The van der Waals surface area contributed by atoms with E-state index >= 15 is 0 Å². The molecule has 1 heterocycles. The molecule has 3 N–H and O–H groups in total. The van der Waals surface area contributed by atoms with Gasteiger partial charge in [-0.05, 0) is 42.8 Å². The summed E-state index contributed by atoms with van der Waals surface area (Å²) in [7, 11) is 3.64. The van der Waals surface area contributed by atoms with Gasteiger partial charge in [0.05, 0.1) is 0 Å². The van der Waals surface area contributed by atoms with Gasteiger partial charge in [-0.3, -0.25) is 10.1 Å². The van der Waals surface area contributed by atoms with E-state index in [-0.39, 0.29) is 29.8 Å². The van der Waals surface area contributed by atoms with E-state index in [2.05, 4.69) is 27.8 Å². The number of hydrogen-bond acceptors (Lipinski definition) is 7. The molecule has 35 heavy (non-hydrogen) atoms. The van der Waals surface area contributed by atoms with Crippen LogP contribution in [0.3, 0.4) is 0 Å². The number of rotatable bonds is 9. The van der Waals surface area contributed by atoms with Crippen molar-refractivity contribution in [1.82, 2.24) is 15.2 Å². The highest BCUT2D eigenvalue weighted by Crippen LogP contribution is 2.44. The maximum Gasteiger partial charge on any atom is 0.413 e. The number of carbonyl (C=O) groups is 3. The molecule has 1 aromatic heterocycles. The van der Waals surface area contributed by atoms with Crippen LogP contribution < -0.4 is 10.6 Å². The monoisotopic (exact) mass is 494 g/mol. The van der Waals surface area contributed by atoms with Crippen LogP contribution in [0.5, 0.6) is 0 Å². The van der Waals surface area contributed by atoms with Gasteiger partial charge in [-0.2, -0.15) is 0 Å². The molecule has 1 aliphatic carbocycles. The summed E-state index contributed by atoms with van der Waals surface area (Å²) in [5, 5.41) is 16.0. The Kier molecular flexibility index (Phi) is 7.42. The molecule has 0 bridgehead atoms. The van der Waals surface area contributed by atoms with Crippen LogP contribution in [0.4, 0.5) is 9.93 Å². The summed E-state index contributed by atoms with van der Waals surface area (Å²) in [5.74, 6) is -1.80. The Bertz CT molecular complexity index is 1200. The molecule has 0 fully saturated rings. The molecule has 1 aliphatic rings. The quantitative estimate of drug-likeness (QED) is 0.415. The van der Waals surface area contributed by atoms with Crippen LogP contribution in [0.25, 0.3) is 11.1 Å². The molecule has 0 radical (unpaired) electrons. The minimum absolute atomic E-state index is 0.0278. The number of hydrogen-bond donors (Lipinski definition) is 3. The molecular weight excluding hydrogens is 468 g/mol. The number of fused-ring (bicyclic) bond motifs is 3. The molecule has 10 heteroatoms. The Balaban J connectivity index is 1.34. The Morgan fingerprint density at radius 2 is 1.71 bits per heavy atom. The number of amides is 2. The standard InChI is InChI=1S/C25H26N4O5S/c1-29(2)12-11-20(23(31)32)26-22(30)21-14-35-24(27-21)28-25(33)34-13-19-17-9-5-3-7-15(17)16-8-4-6-10-18(16)19/h3-10,14,19-20H,11-13H2,1-2H3,(H,26,30)(H,31,32)(H,27,28,33). The second-order valence-corrected chi connectivity index (χ2v) is 9.30. The average molecular weight is 495 g/mol. The summed E-state index contributed by atoms with van der Waals surface area (Å²) in [5.41, 5.74) is 4.52. The summed E-state index contributed by atoms with van der Waals surface area (Å²) < 4.78 is 5.50. The second-order valence-electron chi connectivity index (χ2n) is 8.44. The van der Waals surface area contributed by atoms with Crippen molar-refractivity contribution in [3.8, 4) is 11.1 Å². The first-order chi connectivity index (χ1) is 16.8. The van der Waals surface area contributed by atoms with E-state index in [9.17, 15) is 19.5 Å². The van der Waals surface area contributed by atoms with E-state index < -0.39 is 24.0 Å². The fourth-order valence-corrected chi connectivity index (χ4v) is 4.71. The third-order valence-electron chi connectivity index (χ3n) is 5.76. The number of carbonyl (C=O) groups excluding carboxylic acids is 2. The van der Waals surface area contributed by atoms with E-state index in [1.165, 1.54) is 5.38 Å². The van der Waals surface area contributed by atoms with Crippen LogP contribution in [0.15, 0.2) is 53.9 Å².